The Bertz CT molecular complexity index is 503. The summed E-state index contributed by atoms with van der Waals surface area (Å²) in [4.78, 5) is 24.6. The Morgan fingerprint density at radius 2 is 2.11 bits per heavy atom. The summed E-state index contributed by atoms with van der Waals surface area (Å²) in [6.07, 6.45) is 1.56. The Morgan fingerprint density at radius 1 is 1.42 bits per heavy atom. The first kappa shape index (κ1) is 15.5. The van der Waals surface area contributed by atoms with Crippen molar-refractivity contribution in [1.29, 1.82) is 0 Å². The number of halogens is 2. The minimum absolute atomic E-state index is 0.122. The molecule has 0 spiro atoms. The van der Waals surface area contributed by atoms with Crippen LogP contribution < -0.4 is 10.2 Å². The minimum Gasteiger partial charge on any atom is -0.351 e. The number of benzene rings is 1. The summed E-state index contributed by atoms with van der Waals surface area (Å²) in [5, 5.41) is 3.17. The van der Waals surface area contributed by atoms with Gasteiger partial charge in [0.25, 0.3) is 0 Å². The molecule has 1 aromatic carbocycles. The molecule has 0 atom stereocenters. The summed E-state index contributed by atoms with van der Waals surface area (Å²) < 4.78 is 0. The predicted molar refractivity (Wildman–Crippen MR) is 77.7 cm³/mol. The third-order valence-corrected chi connectivity index (χ3v) is 3.16. The molecule has 0 radical (unpaired) electrons. The molecule has 0 heterocycles. The van der Waals surface area contributed by atoms with Gasteiger partial charge < -0.3 is 10.2 Å². The molecule has 1 N–H and O–H groups in total. The molecule has 0 bridgehead atoms. The fourth-order valence-electron chi connectivity index (χ4n) is 1.45. The molecule has 0 aromatic heterocycles. The van der Waals surface area contributed by atoms with Gasteiger partial charge in [0, 0.05) is 13.5 Å². The fourth-order valence-corrected chi connectivity index (χ4v) is 1.85. The van der Waals surface area contributed by atoms with E-state index in [0.29, 0.717) is 17.3 Å². The molecule has 0 saturated heterocycles. The minimum atomic E-state index is -0.300. The van der Waals surface area contributed by atoms with E-state index in [4.69, 9.17) is 23.2 Å². The second-order valence-electron chi connectivity index (χ2n) is 3.77. The van der Waals surface area contributed by atoms with E-state index in [2.05, 4.69) is 11.9 Å². The van der Waals surface area contributed by atoms with Crippen LogP contribution in [0.15, 0.2) is 30.9 Å². The van der Waals surface area contributed by atoms with E-state index in [0.717, 1.165) is 0 Å². The van der Waals surface area contributed by atoms with Crippen LogP contribution in [0.25, 0.3) is 0 Å². The smallest absolute Gasteiger partial charge is 0.240 e. The van der Waals surface area contributed by atoms with E-state index in [9.17, 15) is 9.59 Å². The molecule has 1 aromatic rings. The molecule has 1 rings (SSSR count). The summed E-state index contributed by atoms with van der Waals surface area (Å²) in [6, 6.07) is 4.92. The SMILES string of the molecule is C=CCNC(=O)CN(C(C)=O)c1cccc(Cl)c1Cl. The Hall–Kier alpha value is -1.52. The average molecular weight is 301 g/mol. The Kier molecular flexibility index (Phi) is 5.86. The number of anilines is 1. The summed E-state index contributed by atoms with van der Waals surface area (Å²) in [5.74, 6) is -0.593. The van der Waals surface area contributed by atoms with Crippen molar-refractivity contribution in [1.82, 2.24) is 5.32 Å². The normalized spacial score (nSPS) is 9.84. The quantitative estimate of drug-likeness (QED) is 0.850. The Balaban J connectivity index is 2.95. The van der Waals surface area contributed by atoms with Crippen LogP contribution in [-0.2, 0) is 9.59 Å². The second-order valence-corrected chi connectivity index (χ2v) is 4.56. The van der Waals surface area contributed by atoms with E-state index in [1.807, 2.05) is 0 Å². The monoisotopic (exact) mass is 300 g/mol. The van der Waals surface area contributed by atoms with Crippen LogP contribution in [0.5, 0.6) is 0 Å². The summed E-state index contributed by atoms with van der Waals surface area (Å²) in [6.45, 7) is 5.08. The highest BCUT2D eigenvalue weighted by molar-refractivity contribution is 6.44. The van der Waals surface area contributed by atoms with Crippen LogP contribution >= 0.6 is 23.2 Å². The van der Waals surface area contributed by atoms with Crippen molar-refractivity contribution in [2.24, 2.45) is 0 Å². The lowest BCUT2D eigenvalue weighted by atomic mass is 10.2. The van der Waals surface area contributed by atoms with Crippen LogP contribution in [-0.4, -0.2) is 24.9 Å². The number of hydrogen-bond donors (Lipinski definition) is 1. The summed E-state index contributed by atoms with van der Waals surface area (Å²) >= 11 is 11.9. The van der Waals surface area contributed by atoms with Crippen LogP contribution in [0.1, 0.15) is 6.92 Å². The van der Waals surface area contributed by atoms with Gasteiger partial charge in [0.1, 0.15) is 6.54 Å². The molecule has 6 heteroatoms. The van der Waals surface area contributed by atoms with E-state index in [-0.39, 0.29) is 23.4 Å². The molecule has 4 nitrogen and oxygen atoms in total. The maximum absolute atomic E-state index is 11.7. The largest absolute Gasteiger partial charge is 0.351 e. The lowest BCUT2D eigenvalue weighted by molar-refractivity contribution is -0.122. The van der Waals surface area contributed by atoms with Gasteiger partial charge in [-0.3, -0.25) is 9.59 Å². The van der Waals surface area contributed by atoms with Gasteiger partial charge in [-0.2, -0.15) is 0 Å². The topological polar surface area (TPSA) is 49.4 Å². The van der Waals surface area contributed by atoms with Gasteiger partial charge in [-0.25, -0.2) is 0 Å². The molecular formula is C13H14Cl2N2O2. The molecular weight excluding hydrogens is 287 g/mol. The molecule has 102 valence electrons. The van der Waals surface area contributed by atoms with Crippen molar-refractivity contribution < 1.29 is 9.59 Å². The number of nitrogens with one attached hydrogen (secondary N) is 1. The third-order valence-electron chi connectivity index (χ3n) is 2.35. The molecule has 19 heavy (non-hydrogen) atoms. The van der Waals surface area contributed by atoms with Crippen molar-refractivity contribution >= 4 is 40.7 Å². The van der Waals surface area contributed by atoms with Crippen molar-refractivity contribution in [3.63, 3.8) is 0 Å². The van der Waals surface area contributed by atoms with Gasteiger partial charge in [-0.1, -0.05) is 35.3 Å². The first-order valence-electron chi connectivity index (χ1n) is 5.57. The predicted octanol–water partition coefficient (Wildman–Crippen LogP) is 2.65. The second kappa shape index (κ2) is 7.16. The number of hydrogen-bond acceptors (Lipinski definition) is 2. The number of amides is 2. The highest BCUT2D eigenvalue weighted by Crippen LogP contribution is 2.32. The van der Waals surface area contributed by atoms with Gasteiger partial charge >= 0.3 is 0 Å². The lowest BCUT2D eigenvalue weighted by Crippen LogP contribution is -2.40. The van der Waals surface area contributed by atoms with Gasteiger partial charge in [-0.05, 0) is 12.1 Å². The highest BCUT2D eigenvalue weighted by atomic mass is 35.5. The van der Waals surface area contributed by atoms with Crippen molar-refractivity contribution in [3.05, 3.63) is 40.9 Å². The maximum Gasteiger partial charge on any atom is 0.240 e. The van der Waals surface area contributed by atoms with Gasteiger partial charge in [0.05, 0.1) is 15.7 Å². The molecule has 0 unspecified atom stereocenters. The number of nitrogens with zero attached hydrogens (tertiary/aromatic N) is 1. The first-order chi connectivity index (χ1) is 8.97. The van der Waals surface area contributed by atoms with Crippen LogP contribution in [0.3, 0.4) is 0 Å². The number of carbonyl (C=O) groups is 2. The number of carbonyl (C=O) groups excluding carboxylic acids is 2. The van der Waals surface area contributed by atoms with Crippen molar-refractivity contribution in [2.75, 3.05) is 18.0 Å². The van der Waals surface area contributed by atoms with E-state index < -0.39 is 0 Å². The molecule has 0 fully saturated rings. The number of rotatable bonds is 5. The molecule has 0 aliphatic rings. The van der Waals surface area contributed by atoms with Crippen molar-refractivity contribution in [2.45, 2.75) is 6.92 Å². The van der Waals surface area contributed by atoms with Gasteiger partial charge in [0.2, 0.25) is 11.8 Å². The van der Waals surface area contributed by atoms with Gasteiger partial charge in [0.15, 0.2) is 0 Å². The van der Waals surface area contributed by atoms with Crippen molar-refractivity contribution in [3.8, 4) is 0 Å². The molecule has 0 aliphatic heterocycles. The highest BCUT2D eigenvalue weighted by Gasteiger charge is 2.19. The van der Waals surface area contributed by atoms with Crippen LogP contribution in [0.4, 0.5) is 5.69 Å². The Morgan fingerprint density at radius 3 is 2.68 bits per heavy atom. The first-order valence-corrected chi connectivity index (χ1v) is 6.32. The van der Waals surface area contributed by atoms with E-state index >= 15 is 0 Å². The maximum atomic E-state index is 11.7. The van der Waals surface area contributed by atoms with E-state index in [1.165, 1.54) is 11.8 Å². The fraction of sp³-hybridized carbons (Fsp3) is 0.231. The van der Waals surface area contributed by atoms with Crippen LogP contribution in [0, 0.1) is 0 Å². The summed E-state index contributed by atoms with van der Waals surface area (Å²) in [5.41, 5.74) is 0.412. The zero-order valence-corrected chi connectivity index (χ0v) is 12.0. The summed E-state index contributed by atoms with van der Waals surface area (Å²) in [7, 11) is 0. The molecule has 0 aliphatic carbocycles. The third kappa shape index (κ3) is 4.26. The standard InChI is InChI=1S/C13H14Cl2N2O2/c1-3-7-16-12(19)8-17(9(2)18)11-6-4-5-10(14)13(11)15/h3-6H,1,7-8H2,2H3,(H,16,19). The Labute approximate surface area is 122 Å². The zero-order valence-electron chi connectivity index (χ0n) is 10.5. The average Bonchev–Trinajstić information content (AvgIpc) is 2.37. The molecule has 0 saturated carbocycles. The lowest BCUT2D eigenvalue weighted by Gasteiger charge is -2.22. The van der Waals surface area contributed by atoms with E-state index in [1.54, 1.807) is 24.3 Å². The van der Waals surface area contributed by atoms with Crippen LogP contribution in [0.2, 0.25) is 10.0 Å². The molecule has 2 amide bonds. The zero-order chi connectivity index (χ0) is 14.4. The van der Waals surface area contributed by atoms with Gasteiger partial charge in [-0.15, -0.1) is 6.58 Å².